The third-order valence-electron chi connectivity index (χ3n) is 3.96. The van der Waals surface area contributed by atoms with E-state index in [9.17, 15) is 24.0 Å². The molecule has 4 atom stereocenters. The minimum absolute atomic E-state index is 0.346. The summed E-state index contributed by atoms with van der Waals surface area (Å²) in [7, 11) is 0. The lowest BCUT2D eigenvalue weighted by molar-refractivity contribution is -0.144. The molecule has 12 heteroatoms. The van der Waals surface area contributed by atoms with Gasteiger partial charge in [-0.15, -0.1) is 0 Å². The van der Waals surface area contributed by atoms with E-state index in [1.165, 1.54) is 18.7 Å². The first-order chi connectivity index (χ1) is 13.4. The molecule has 0 aliphatic rings. The van der Waals surface area contributed by atoms with Crippen LogP contribution in [0, 0.1) is 5.92 Å². The minimum Gasteiger partial charge on any atom is -0.481 e. The van der Waals surface area contributed by atoms with Crippen molar-refractivity contribution in [2.24, 2.45) is 11.7 Å². The van der Waals surface area contributed by atoms with Crippen LogP contribution in [0.2, 0.25) is 0 Å². The van der Waals surface area contributed by atoms with E-state index in [1.807, 2.05) is 6.26 Å². The van der Waals surface area contributed by atoms with Gasteiger partial charge in [0, 0.05) is 0 Å². The second-order valence-corrected chi connectivity index (χ2v) is 7.83. The number of nitrogens with one attached hydrogen (secondary N) is 3. The first-order valence-corrected chi connectivity index (χ1v) is 10.4. The molecule has 166 valence electrons. The first kappa shape index (κ1) is 26.7. The summed E-state index contributed by atoms with van der Waals surface area (Å²) < 4.78 is 0. The number of nitrogens with two attached hydrogens (primary N) is 1. The van der Waals surface area contributed by atoms with Crippen LogP contribution >= 0.6 is 11.8 Å². The number of aliphatic carboxylic acids is 2. The van der Waals surface area contributed by atoms with Crippen LogP contribution in [0.3, 0.4) is 0 Å². The maximum absolute atomic E-state index is 12.4. The molecule has 0 aromatic heterocycles. The molecule has 0 saturated heterocycles. The van der Waals surface area contributed by atoms with Crippen LogP contribution in [0.15, 0.2) is 0 Å². The van der Waals surface area contributed by atoms with Crippen LogP contribution in [0.4, 0.5) is 0 Å². The van der Waals surface area contributed by atoms with Gasteiger partial charge in [-0.25, -0.2) is 4.79 Å². The first-order valence-electron chi connectivity index (χ1n) is 9.00. The molecule has 29 heavy (non-hydrogen) atoms. The Hall–Kier alpha value is -2.34. The highest BCUT2D eigenvalue weighted by molar-refractivity contribution is 7.98. The number of carbonyl (C=O) groups is 5. The Morgan fingerprint density at radius 2 is 1.52 bits per heavy atom. The lowest BCUT2D eigenvalue weighted by Crippen LogP contribution is -2.57. The van der Waals surface area contributed by atoms with Gasteiger partial charge in [0.15, 0.2) is 0 Å². The molecule has 0 aliphatic carbocycles. The number of rotatable bonds is 13. The van der Waals surface area contributed by atoms with Gasteiger partial charge in [-0.1, -0.05) is 13.8 Å². The van der Waals surface area contributed by atoms with E-state index in [1.54, 1.807) is 13.8 Å². The summed E-state index contributed by atoms with van der Waals surface area (Å²) in [4.78, 5) is 58.9. The van der Waals surface area contributed by atoms with E-state index in [-0.39, 0.29) is 5.92 Å². The summed E-state index contributed by atoms with van der Waals surface area (Å²) in [6.07, 6.45) is 1.48. The normalized spacial score (nSPS) is 15.0. The molecule has 0 saturated carbocycles. The molecule has 0 rings (SSSR count). The second-order valence-electron chi connectivity index (χ2n) is 6.85. The van der Waals surface area contributed by atoms with Crippen molar-refractivity contribution in [1.29, 1.82) is 0 Å². The Kier molecular flexibility index (Phi) is 11.9. The molecule has 0 aromatic carbocycles. The maximum Gasteiger partial charge on any atom is 0.326 e. The van der Waals surface area contributed by atoms with Gasteiger partial charge in [0.05, 0.1) is 12.5 Å². The van der Waals surface area contributed by atoms with Crippen molar-refractivity contribution >= 4 is 41.4 Å². The fraction of sp³-hybridized carbons (Fsp3) is 0.706. The van der Waals surface area contributed by atoms with E-state index in [4.69, 9.17) is 15.9 Å². The van der Waals surface area contributed by atoms with Gasteiger partial charge in [-0.2, -0.15) is 11.8 Å². The molecule has 4 unspecified atom stereocenters. The molecular formula is C17H30N4O7S. The van der Waals surface area contributed by atoms with E-state index in [0.29, 0.717) is 12.2 Å². The van der Waals surface area contributed by atoms with Gasteiger partial charge >= 0.3 is 11.9 Å². The molecule has 3 amide bonds. The van der Waals surface area contributed by atoms with Gasteiger partial charge in [-0.05, 0) is 31.3 Å². The minimum atomic E-state index is -1.43. The zero-order valence-electron chi connectivity index (χ0n) is 16.9. The highest BCUT2D eigenvalue weighted by Gasteiger charge is 2.30. The third kappa shape index (κ3) is 10.1. The molecule has 11 nitrogen and oxygen atoms in total. The number of carbonyl (C=O) groups excluding carboxylic acids is 3. The van der Waals surface area contributed by atoms with Crippen LogP contribution in [0.25, 0.3) is 0 Å². The number of hydrogen-bond donors (Lipinski definition) is 6. The molecule has 7 N–H and O–H groups in total. The predicted octanol–water partition coefficient (Wildman–Crippen LogP) is -1.24. The largest absolute Gasteiger partial charge is 0.481 e. The van der Waals surface area contributed by atoms with Crippen molar-refractivity contribution in [3.8, 4) is 0 Å². The van der Waals surface area contributed by atoms with Crippen molar-refractivity contribution in [2.75, 3.05) is 12.0 Å². The van der Waals surface area contributed by atoms with E-state index >= 15 is 0 Å². The Labute approximate surface area is 173 Å². The number of amides is 3. The zero-order chi connectivity index (χ0) is 22.7. The van der Waals surface area contributed by atoms with Crippen LogP contribution in [-0.2, 0) is 24.0 Å². The molecule has 0 aliphatic heterocycles. The molecule has 0 fully saturated rings. The van der Waals surface area contributed by atoms with Crippen LogP contribution in [0.1, 0.15) is 33.6 Å². The third-order valence-corrected chi connectivity index (χ3v) is 4.61. The summed E-state index contributed by atoms with van der Waals surface area (Å²) in [5.41, 5.74) is 5.72. The number of carboxylic acid groups (broad SMARTS) is 2. The molecule has 0 spiro atoms. The summed E-state index contributed by atoms with van der Waals surface area (Å²) in [6, 6.07) is -4.64. The Morgan fingerprint density at radius 1 is 0.931 bits per heavy atom. The van der Waals surface area contributed by atoms with E-state index in [2.05, 4.69) is 16.0 Å². The molecular weight excluding hydrogens is 404 g/mol. The average molecular weight is 435 g/mol. The number of carboxylic acids is 2. The van der Waals surface area contributed by atoms with Gasteiger partial charge in [0.2, 0.25) is 17.7 Å². The average Bonchev–Trinajstić information content (AvgIpc) is 2.61. The molecule has 0 heterocycles. The monoisotopic (exact) mass is 434 g/mol. The number of thioether (sulfide) groups is 1. The summed E-state index contributed by atoms with van der Waals surface area (Å²) in [5.74, 6) is -4.65. The van der Waals surface area contributed by atoms with Crippen LogP contribution in [0.5, 0.6) is 0 Å². The topological polar surface area (TPSA) is 188 Å². The van der Waals surface area contributed by atoms with Crippen molar-refractivity contribution in [3.63, 3.8) is 0 Å². The van der Waals surface area contributed by atoms with Crippen molar-refractivity contribution in [1.82, 2.24) is 16.0 Å². The van der Waals surface area contributed by atoms with Crippen LogP contribution in [-0.4, -0.2) is 76.0 Å². The van der Waals surface area contributed by atoms with Crippen molar-refractivity contribution < 1.29 is 34.2 Å². The number of hydrogen-bond acceptors (Lipinski definition) is 7. The highest BCUT2D eigenvalue weighted by Crippen LogP contribution is 2.03. The van der Waals surface area contributed by atoms with Crippen LogP contribution < -0.4 is 21.7 Å². The maximum atomic E-state index is 12.4. The Bertz CT molecular complexity index is 615. The van der Waals surface area contributed by atoms with Crippen molar-refractivity contribution in [3.05, 3.63) is 0 Å². The predicted molar refractivity (Wildman–Crippen MR) is 107 cm³/mol. The summed E-state index contributed by atoms with van der Waals surface area (Å²) >= 11 is 1.48. The fourth-order valence-electron chi connectivity index (χ4n) is 2.21. The lowest BCUT2D eigenvalue weighted by Gasteiger charge is -2.23. The molecule has 0 aromatic rings. The Morgan fingerprint density at radius 3 is 1.97 bits per heavy atom. The molecule has 0 bridgehead atoms. The second kappa shape index (κ2) is 13.0. The van der Waals surface area contributed by atoms with Gasteiger partial charge in [0.25, 0.3) is 0 Å². The lowest BCUT2D eigenvalue weighted by atomic mass is 10.0. The standard InChI is InChI=1S/C17H30N4O7S/c1-8(2)13(17(27)28)21-14(24)9(3)19-16(26)11(7-12(22)23)20-15(25)10(18)5-6-29-4/h8-11,13H,5-7,18H2,1-4H3,(H,19,26)(H,20,25)(H,21,24)(H,22,23)(H,27,28). The van der Waals surface area contributed by atoms with Gasteiger partial charge in [-0.3, -0.25) is 19.2 Å². The Balaban J connectivity index is 5.03. The van der Waals surface area contributed by atoms with E-state index in [0.717, 1.165) is 0 Å². The quantitative estimate of drug-likeness (QED) is 0.206. The SMILES string of the molecule is CSCCC(N)C(=O)NC(CC(=O)O)C(=O)NC(C)C(=O)NC(C(=O)O)C(C)C. The summed E-state index contributed by atoms with van der Waals surface area (Å²) in [5, 5.41) is 25.0. The van der Waals surface area contributed by atoms with Gasteiger partial charge < -0.3 is 31.9 Å². The summed E-state index contributed by atoms with van der Waals surface area (Å²) in [6.45, 7) is 4.54. The fourth-order valence-corrected chi connectivity index (χ4v) is 2.70. The highest BCUT2D eigenvalue weighted by atomic mass is 32.2. The van der Waals surface area contributed by atoms with E-state index < -0.39 is 60.2 Å². The van der Waals surface area contributed by atoms with Gasteiger partial charge in [0.1, 0.15) is 18.1 Å². The zero-order valence-corrected chi connectivity index (χ0v) is 17.7. The van der Waals surface area contributed by atoms with Crippen molar-refractivity contribution in [2.45, 2.75) is 57.8 Å². The molecule has 0 radical (unpaired) electrons. The smallest absolute Gasteiger partial charge is 0.326 e.